The molecule has 2 aromatic rings. The molecule has 0 radical (unpaired) electrons. The van der Waals surface area contributed by atoms with Crippen LogP contribution in [0.25, 0.3) is 11.1 Å². The van der Waals surface area contributed by atoms with Gasteiger partial charge in [-0.3, -0.25) is 4.79 Å². The van der Waals surface area contributed by atoms with Crippen molar-refractivity contribution in [3.63, 3.8) is 0 Å². The topological polar surface area (TPSA) is 30.2 Å². The fraction of sp³-hybridized carbons (Fsp3) is 0.353. The Balaban J connectivity index is 2.65. The van der Waals surface area contributed by atoms with Crippen LogP contribution in [0.2, 0.25) is 19.6 Å². The SMILES string of the molecule is CC(=O)c1c(C)oc(C[Si](C)(C)C)c1-c1ccccc1. The highest BCUT2D eigenvalue weighted by atomic mass is 28.3. The van der Waals surface area contributed by atoms with Crippen molar-refractivity contribution in [2.24, 2.45) is 0 Å². The highest BCUT2D eigenvalue weighted by molar-refractivity contribution is 6.75. The summed E-state index contributed by atoms with van der Waals surface area (Å²) in [6.45, 7) is 10.4. The third-order valence-electron chi connectivity index (χ3n) is 3.26. The Bertz CT molecular complexity index is 618. The van der Waals surface area contributed by atoms with E-state index in [9.17, 15) is 4.79 Å². The van der Waals surface area contributed by atoms with Gasteiger partial charge in [0.15, 0.2) is 5.78 Å². The Kier molecular flexibility index (Phi) is 4.00. The molecular weight excluding hydrogens is 264 g/mol. The highest BCUT2D eigenvalue weighted by Gasteiger charge is 2.26. The Morgan fingerprint density at radius 1 is 1.15 bits per heavy atom. The van der Waals surface area contributed by atoms with Crippen LogP contribution in [-0.2, 0) is 6.04 Å². The summed E-state index contributed by atoms with van der Waals surface area (Å²) >= 11 is 0. The molecule has 0 fully saturated rings. The number of hydrogen-bond acceptors (Lipinski definition) is 2. The molecule has 0 aliphatic rings. The van der Waals surface area contributed by atoms with Crippen LogP contribution in [-0.4, -0.2) is 13.9 Å². The van der Waals surface area contributed by atoms with Gasteiger partial charge in [-0.25, -0.2) is 0 Å². The van der Waals surface area contributed by atoms with Gasteiger partial charge in [0.05, 0.1) is 13.6 Å². The van der Waals surface area contributed by atoms with Crippen LogP contribution in [0, 0.1) is 6.92 Å². The zero-order chi connectivity index (χ0) is 14.9. The van der Waals surface area contributed by atoms with Crippen molar-refractivity contribution in [1.82, 2.24) is 0 Å². The molecule has 2 rings (SSSR count). The first-order chi connectivity index (χ1) is 9.29. The van der Waals surface area contributed by atoms with Gasteiger partial charge in [-0.2, -0.15) is 0 Å². The summed E-state index contributed by atoms with van der Waals surface area (Å²) in [5, 5.41) is 0. The molecule has 106 valence electrons. The molecule has 3 heteroatoms. The molecule has 0 atom stereocenters. The summed E-state index contributed by atoms with van der Waals surface area (Å²) < 4.78 is 5.95. The molecule has 0 spiro atoms. The second-order valence-electron chi connectivity index (χ2n) is 6.49. The average molecular weight is 286 g/mol. The number of carbonyl (C=O) groups is 1. The predicted octanol–water partition coefficient (Wildman–Crippen LogP) is 4.88. The summed E-state index contributed by atoms with van der Waals surface area (Å²) in [5.74, 6) is 1.79. The summed E-state index contributed by atoms with van der Waals surface area (Å²) in [7, 11) is -1.31. The minimum atomic E-state index is -1.31. The molecule has 0 amide bonds. The number of ketones is 1. The van der Waals surface area contributed by atoms with Gasteiger partial charge >= 0.3 is 0 Å². The van der Waals surface area contributed by atoms with E-state index in [1.807, 2.05) is 37.3 Å². The summed E-state index contributed by atoms with van der Waals surface area (Å²) in [6.07, 6.45) is 0. The van der Waals surface area contributed by atoms with Gasteiger partial charge in [-0.05, 0) is 19.4 Å². The van der Waals surface area contributed by atoms with Crippen LogP contribution >= 0.6 is 0 Å². The molecule has 0 bridgehead atoms. The maximum Gasteiger partial charge on any atom is 0.163 e. The molecule has 0 unspecified atom stereocenters. The van der Waals surface area contributed by atoms with Crippen molar-refractivity contribution in [3.05, 3.63) is 47.4 Å². The summed E-state index contributed by atoms with van der Waals surface area (Å²) in [5.41, 5.74) is 2.81. The highest BCUT2D eigenvalue weighted by Crippen LogP contribution is 2.34. The van der Waals surface area contributed by atoms with Crippen molar-refractivity contribution in [2.45, 2.75) is 39.5 Å². The Hall–Kier alpha value is -1.61. The first kappa shape index (κ1) is 14.8. The van der Waals surface area contributed by atoms with Crippen LogP contribution in [0.1, 0.15) is 28.8 Å². The lowest BCUT2D eigenvalue weighted by molar-refractivity contribution is 0.101. The van der Waals surface area contributed by atoms with Crippen molar-refractivity contribution in [3.8, 4) is 11.1 Å². The van der Waals surface area contributed by atoms with Gasteiger partial charge in [-0.1, -0.05) is 50.0 Å². The maximum atomic E-state index is 12.0. The van der Waals surface area contributed by atoms with E-state index >= 15 is 0 Å². The summed E-state index contributed by atoms with van der Waals surface area (Å²) in [6, 6.07) is 11.0. The number of furan rings is 1. The van der Waals surface area contributed by atoms with E-state index < -0.39 is 8.07 Å². The van der Waals surface area contributed by atoms with E-state index in [2.05, 4.69) is 19.6 Å². The lowest BCUT2D eigenvalue weighted by Gasteiger charge is -2.15. The molecule has 20 heavy (non-hydrogen) atoms. The monoisotopic (exact) mass is 286 g/mol. The number of Topliss-reactive ketones (excluding diaryl/α,β-unsaturated/α-hetero) is 1. The van der Waals surface area contributed by atoms with Gasteiger partial charge in [0.1, 0.15) is 11.5 Å². The molecule has 0 saturated carbocycles. The number of carbonyl (C=O) groups excluding carboxylic acids is 1. The molecule has 0 N–H and O–H groups in total. The standard InChI is InChI=1S/C17H22O2Si/c1-12(18)16-13(2)19-15(11-20(3,4)5)17(16)14-9-7-6-8-10-14/h6-10H,11H2,1-5H3. The lowest BCUT2D eigenvalue weighted by Crippen LogP contribution is -2.24. The second-order valence-corrected chi connectivity index (χ2v) is 12.0. The number of benzene rings is 1. The largest absolute Gasteiger partial charge is 0.465 e. The predicted molar refractivity (Wildman–Crippen MR) is 85.9 cm³/mol. The average Bonchev–Trinajstić information content (AvgIpc) is 2.64. The van der Waals surface area contributed by atoms with E-state index in [0.29, 0.717) is 0 Å². The molecule has 1 aromatic carbocycles. The molecule has 2 nitrogen and oxygen atoms in total. The van der Waals surface area contributed by atoms with Gasteiger partial charge in [-0.15, -0.1) is 0 Å². The molecular formula is C17H22O2Si. The Morgan fingerprint density at radius 3 is 2.25 bits per heavy atom. The molecule has 1 aromatic heterocycles. The van der Waals surface area contributed by atoms with Crippen molar-refractivity contribution in [2.75, 3.05) is 0 Å². The molecule has 1 heterocycles. The molecule has 0 aliphatic carbocycles. The second kappa shape index (κ2) is 5.41. The van der Waals surface area contributed by atoms with Crippen LogP contribution in [0.4, 0.5) is 0 Å². The van der Waals surface area contributed by atoms with Crippen molar-refractivity contribution >= 4 is 13.9 Å². The Morgan fingerprint density at radius 2 is 1.75 bits per heavy atom. The fourth-order valence-electron chi connectivity index (χ4n) is 2.54. The third kappa shape index (κ3) is 3.10. The maximum absolute atomic E-state index is 12.0. The number of aryl methyl sites for hydroxylation is 1. The first-order valence-electron chi connectivity index (χ1n) is 6.98. The van der Waals surface area contributed by atoms with Crippen LogP contribution in [0.5, 0.6) is 0 Å². The van der Waals surface area contributed by atoms with E-state index in [-0.39, 0.29) is 5.78 Å². The third-order valence-corrected chi connectivity index (χ3v) is 4.64. The minimum Gasteiger partial charge on any atom is -0.465 e. The van der Waals surface area contributed by atoms with Gasteiger partial charge in [0.25, 0.3) is 0 Å². The Labute approximate surface area is 121 Å². The normalized spacial score (nSPS) is 11.7. The van der Waals surface area contributed by atoms with E-state index in [4.69, 9.17) is 4.42 Å². The minimum absolute atomic E-state index is 0.0759. The van der Waals surface area contributed by atoms with Crippen LogP contribution in [0.3, 0.4) is 0 Å². The van der Waals surface area contributed by atoms with Crippen molar-refractivity contribution < 1.29 is 9.21 Å². The molecule has 0 aliphatic heterocycles. The van der Waals surface area contributed by atoms with Crippen LogP contribution in [0.15, 0.2) is 34.7 Å². The number of hydrogen-bond donors (Lipinski definition) is 0. The van der Waals surface area contributed by atoms with Gasteiger partial charge < -0.3 is 4.42 Å². The van der Waals surface area contributed by atoms with Gasteiger partial charge in [0, 0.05) is 11.6 Å². The zero-order valence-electron chi connectivity index (χ0n) is 12.9. The number of rotatable bonds is 4. The van der Waals surface area contributed by atoms with Crippen LogP contribution < -0.4 is 0 Å². The van der Waals surface area contributed by atoms with E-state index in [1.165, 1.54) is 0 Å². The van der Waals surface area contributed by atoms with Gasteiger partial charge in [0.2, 0.25) is 0 Å². The lowest BCUT2D eigenvalue weighted by atomic mass is 9.98. The zero-order valence-corrected chi connectivity index (χ0v) is 13.9. The van der Waals surface area contributed by atoms with Crippen molar-refractivity contribution in [1.29, 1.82) is 0 Å². The smallest absolute Gasteiger partial charge is 0.163 e. The quantitative estimate of drug-likeness (QED) is 0.592. The van der Waals surface area contributed by atoms with E-state index in [1.54, 1.807) is 6.92 Å². The summed E-state index contributed by atoms with van der Waals surface area (Å²) in [4.78, 5) is 12.0. The molecule has 0 saturated heterocycles. The first-order valence-corrected chi connectivity index (χ1v) is 10.7. The fourth-order valence-corrected chi connectivity index (χ4v) is 3.75. The van der Waals surface area contributed by atoms with E-state index in [0.717, 1.165) is 34.3 Å².